The van der Waals surface area contributed by atoms with E-state index < -0.39 is 6.10 Å². The van der Waals surface area contributed by atoms with Gasteiger partial charge in [-0.3, -0.25) is 9.59 Å². The number of anilines is 1. The molecule has 5 rings (SSSR count). The number of ether oxygens (including phenoxy) is 2. The van der Waals surface area contributed by atoms with Gasteiger partial charge in [-0.15, -0.1) is 0 Å². The molecular formula is C26H29ClN2O5. The maximum absolute atomic E-state index is 12.6. The fourth-order valence-electron chi connectivity index (χ4n) is 4.96. The number of benzene rings is 2. The van der Waals surface area contributed by atoms with Crippen molar-refractivity contribution in [2.24, 2.45) is 5.92 Å². The van der Waals surface area contributed by atoms with Crippen LogP contribution in [0.2, 0.25) is 5.02 Å². The largest absolute Gasteiger partial charge is 0.487 e. The standard InChI is InChI=1S/C26H29ClN2O5/c27-17-6-4-15(5-7-17)13-28-24(31)12-19-11-21-20-10-18(29-26(32)16-2-1-3-16)8-9-22(20)34-25(21)23(14-30)33-19/h4-10,16,19,21,23,25,30H,1-3,11-14H2,(H,28,31)(H,29,32)/t19-,21-,23-,25+/m0/s1. The van der Waals surface area contributed by atoms with Gasteiger partial charge >= 0.3 is 0 Å². The lowest BCUT2D eigenvalue weighted by Gasteiger charge is -2.37. The molecule has 0 bridgehead atoms. The van der Waals surface area contributed by atoms with E-state index in [1.165, 1.54) is 0 Å². The molecule has 7 nitrogen and oxygen atoms in total. The molecule has 3 aliphatic rings. The highest BCUT2D eigenvalue weighted by molar-refractivity contribution is 6.30. The number of aliphatic hydroxyl groups is 1. The smallest absolute Gasteiger partial charge is 0.227 e. The maximum Gasteiger partial charge on any atom is 0.227 e. The van der Waals surface area contributed by atoms with Crippen LogP contribution in [0.1, 0.15) is 49.1 Å². The number of rotatable bonds is 7. The maximum atomic E-state index is 12.6. The van der Waals surface area contributed by atoms with Crippen LogP contribution >= 0.6 is 11.6 Å². The number of carbonyl (C=O) groups is 2. The fourth-order valence-corrected chi connectivity index (χ4v) is 5.09. The van der Waals surface area contributed by atoms with E-state index in [0.717, 1.165) is 41.8 Å². The summed E-state index contributed by atoms with van der Waals surface area (Å²) in [5, 5.41) is 16.5. The molecule has 1 aliphatic carbocycles. The van der Waals surface area contributed by atoms with E-state index in [0.29, 0.717) is 18.0 Å². The number of carbonyl (C=O) groups excluding carboxylic acids is 2. The summed E-state index contributed by atoms with van der Waals surface area (Å²) in [6, 6.07) is 13.0. The number of amides is 2. The Morgan fingerprint density at radius 3 is 2.62 bits per heavy atom. The van der Waals surface area contributed by atoms with Gasteiger partial charge in [-0.25, -0.2) is 0 Å². The number of hydrogen-bond acceptors (Lipinski definition) is 5. The summed E-state index contributed by atoms with van der Waals surface area (Å²) < 4.78 is 12.2. The number of hydrogen-bond donors (Lipinski definition) is 3. The van der Waals surface area contributed by atoms with Crippen LogP contribution in [-0.2, 0) is 20.9 Å². The van der Waals surface area contributed by atoms with E-state index in [2.05, 4.69) is 10.6 Å². The first-order valence-electron chi connectivity index (χ1n) is 11.9. The van der Waals surface area contributed by atoms with Crippen molar-refractivity contribution in [3.8, 4) is 5.75 Å². The predicted octanol–water partition coefficient (Wildman–Crippen LogP) is 3.78. The van der Waals surface area contributed by atoms with Crippen LogP contribution in [0, 0.1) is 5.92 Å². The monoisotopic (exact) mass is 484 g/mol. The second-order valence-electron chi connectivity index (χ2n) is 9.38. The van der Waals surface area contributed by atoms with Gasteiger partial charge in [-0.2, -0.15) is 0 Å². The zero-order valence-corrected chi connectivity index (χ0v) is 19.6. The van der Waals surface area contributed by atoms with Gasteiger partial charge in [0, 0.05) is 34.7 Å². The molecule has 2 fully saturated rings. The van der Waals surface area contributed by atoms with Gasteiger partial charge in [0.25, 0.3) is 0 Å². The van der Waals surface area contributed by atoms with Crippen molar-refractivity contribution in [1.82, 2.24) is 5.32 Å². The van der Waals surface area contributed by atoms with Gasteiger partial charge in [-0.05, 0) is 55.2 Å². The molecule has 2 aromatic carbocycles. The third-order valence-electron chi connectivity index (χ3n) is 7.06. The Balaban J connectivity index is 1.23. The Morgan fingerprint density at radius 2 is 1.91 bits per heavy atom. The van der Waals surface area contributed by atoms with Gasteiger partial charge in [0.2, 0.25) is 11.8 Å². The van der Waals surface area contributed by atoms with Crippen LogP contribution in [0.3, 0.4) is 0 Å². The summed E-state index contributed by atoms with van der Waals surface area (Å²) >= 11 is 5.91. The molecule has 2 heterocycles. The summed E-state index contributed by atoms with van der Waals surface area (Å²) in [6.45, 7) is 0.220. The van der Waals surface area contributed by atoms with Crippen LogP contribution < -0.4 is 15.4 Å². The lowest BCUT2D eigenvalue weighted by molar-refractivity contribution is -0.142. The minimum Gasteiger partial charge on any atom is -0.487 e. The predicted molar refractivity (Wildman–Crippen MR) is 128 cm³/mol. The lowest BCUT2D eigenvalue weighted by atomic mass is 9.83. The molecule has 8 heteroatoms. The van der Waals surface area contributed by atoms with Crippen molar-refractivity contribution in [3.63, 3.8) is 0 Å². The van der Waals surface area contributed by atoms with Crippen LogP contribution in [0.15, 0.2) is 42.5 Å². The van der Waals surface area contributed by atoms with E-state index in [1.54, 1.807) is 12.1 Å². The van der Waals surface area contributed by atoms with Crippen LogP contribution in [0.5, 0.6) is 5.75 Å². The number of aliphatic hydroxyl groups excluding tert-OH is 1. The molecule has 180 valence electrons. The molecular weight excluding hydrogens is 456 g/mol. The van der Waals surface area contributed by atoms with Crippen molar-refractivity contribution >= 4 is 29.1 Å². The fraction of sp³-hybridized carbons (Fsp3) is 0.462. The molecule has 0 spiro atoms. The van der Waals surface area contributed by atoms with E-state index in [4.69, 9.17) is 21.1 Å². The van der Waals surface area contributed by atoms with Gasteiger partial charge < -0.3 is 25.2 Å². The first-order valence-corrected chi connectivity index (χ1v) is 12.3. The van der Waals surface area contributed by atoms with Crippen molar-refractivity contribution in [1.29, 1.82) is 0 Å². The highest BCUT2D eigenvalue weighted by Crippen LogP contribution is 2.47. The van der Waals surface area contributed by atoms with E-state index in [-0.39, 0.29) is 48.9 Å². The number of fused-ring (bicyclic) bond motifs is 3. The summed E-state index contributed by atoms with van der Waals surface area (Å²) in [5.41, 5.74) is 2.71. The number of nitrogens with one attached hydrogen (secondary N) is 2. The Hall–Kier alpha value is -2.61. The Kier molecular flexibility index (Phi) is 6.77. The second kappa shape index (κ2) is 9.94. The minimum atomic E-state index is -0.520. The summed E-state index contributed by atoms with van der Waals surface area (Å²) in [5.74, 6) is 0.782. The Labute approximate surface area is 203 Å². The summed E-state index contributed by atoms with van der Waals surface area (Å²) in [7, 11) is 0. The molecule has 34 heavy (non-hydrogen) atoms. The highest BCUT2D eigenvalue weighted by Gasteiger charge is 2.46. The van der Waals surface area contributed by atoms with Gasteiger partial charge in [0.05, 0.1) is 19.1 Å². The Morgan fingerprint density at radius 1 is 1.12 bits per heavy atom. The van der Waals surface area contributed by atoms with Crippen molar-refractivity contribution in [2.75, 3.05) is 11.9 Å². The van der Waals surface area contributed by atoms with Gasteiger partial charge in [0.1, 0.15) is 18.0 Å². The minimum absolute atomic E-state index is 0.0180. The average molecular weight is 485 g/mol. The summed E-state index contributed by atoms with van der Waals surface area (Å²) in [6.07, 6.45) is 2.62. The normalized spacial score (nSPS) is 25.5. The molecule has 3 N–H and O–H groups in total. The molecule has 4 atom stereocenters. The zero-order valence-electron chi connectivity index (χ0n) is 18.8. The van der Waals surface area contributed by atoms with Crippen molar-refractivity contribution < 1.29 is 24.2 Å². The third kappa shape index (κ3) is 4.92. The van der Waals surface area contributed by atoms with Crippen LogP contribution in [0.4, 0.5) is 5.69 Å². The highest BCUT2D eigenvalue weighted by atomic mass is 35.5. The van der Waals surface area contributed by atoms with Crippen molar-refractivity contribution in [3.05, 3.63) is 58.6 Å². The quantitative estimate of drug-likeness (QED) is 0.555. The molecule has 1 saturated carbocycles. The first-order chi connectivity index (χ1) is 16.5. The topological polar surface area (TPSA) is 96.9 Å². The van der Waals surface area contributed by atoms with Crippen LogP contribution in [-0.4, -0.2) is 41.8 Å². The lowest BCUT2D eigenvalue weighted by Crippen LogP contribution is -2.47. The molecule has 1 saturated heterocycles. The third-order valence-corrected chi connectivity index (χ3v) is 7.31. The average Bonchev–Trinajstić information content (AvgIpc) is 3.15. The first kappa shape index (κ1) is 23.1. The van der Waals surface area contributed by atoms with E-state index in [1.807, 2.05) is 30.3 Å². The zero-order chi connectivity index (χ0) is 23.7. The van der Waals surface area contributed by atoms with E-state index in [9.17, 15) is 14.7 Å². The van der Waals surface area contributed by atoms with Crippen LogP contribution in [0.25, 0.3) is 0 Å². The Bertz CT molecular complexity index is 1060. The molecule has 0 radical (unpaired) electrons. The number of halogens is 1. The molecule has 0 unspecified atom stereocenters. The molecule has 0 aromatic heterocycles. The van der Waals surface area contributed by atoms with Gasteiger partial charge in [-0.1, -0.05) is 30.2 Å². The SMILES string of the molecule is O=C(C[C@@H]1C[C@H]2c3cc(NC(=O)C4CCC4)ccc3O[C@H]2[C@H](CO)O1)NCc1ccc(Cl)cc1. The summed E-state index contributed by atoms with van der Waals surface area (Å²) in [4.78, 5) is 25.0. The molecule has 2 aliphatic heterocycles. The molecule has 2 aromatic rings. The second-order valence-corrected chi connectivity index (χ2v) is 9.82. The van der Waals surface area contributed by atoms with Crippen molar-refractivity contribution in [2.45, 2.75) is 62.9 Å². The molecule has 2 amide bonds. The van der Waals surface area contributed by atoms with E-state index >= 15 is 0 Å². The van der Waals surface area contributed by atoms with Gasteiger partial charge in [0.15, 0.2) is 0 Å².